The van der Waals surface area contributed by atoms with Gasteiger partial charge in [-0.2, -0.15) is 0 Å². The summed E-state index contributed by atoms with van der Waals surface area (Å²) in [6.07, 6.45) is 0. The summed E-state index contributed by atoms with van der Waals surface area (Å²) in [5, 5.41) is 19.7. The summed E-state index contributed by atoms with van der Waals surface area (Å²) < 4.78 is 0. The number of hydrogen-bond acceptors (Lipinski definition) is 1. The van der Waals surface area contributed by atoms with E-state index < -0.39 is 0 Å². The summed E-state index contributed by atoms with van der Waals surface area (Å²) >= 11 is 0. The van der Waals surface area contributed by atoms with Crippen molar-refractivity contribution in [1.82, 2.24) is 0 Å². The lowest BCUT2D eigenvalue weighted by Gasteiger charge is -2.13. The fourth-order valence-electron chi connectivity index (χ4n) is 3.52. The third-order valence-corrected chi connectivity index (χ3v) is 4.45. The Morgan fingerprint density at radius 3 is 2.10 bits per heavy atom. The number of phenolic OH excluding ortho intramolecular Hbond substituents is 1. The van der Waals surface area contributed by atoms with Crippen molar-refractivity contribution in [3.05, 3.63) is 66.7 Å². The molecule has 1 nitrogen and oxygen atoms in total. The fourth-order valence-corrected chi connectivity index (χ4v) is 3.52. The molecule has 0 bridgehead atoms. The second kappa shape index (κ2) is 3.64. The molecule has 21 heavy (non-hydrogen) atoms. The average molecular weight is 268 g/mol. The lowest BCUT2D eigenvalue weighted by molar-refractivity contribution is 0.476. The maximum absolute atomic E-state index is 9.83. The predicted molar refractivity (Wildman–Crippen MR) is 89.3 cm³/mol. The van der Waals surface area contributed by atoms with Gasteiger partial charge in [-0.15, -0.1) is 0 Å². The molecule has 0 atom stereocenters. The van der Waals surface area contributed by atoms with Crippen molar-refractivity contribution in [1.29, 1.82) is 0 Å². The Hall–Kier alpha value is -2.80. The SMILES string of the molecule is Oc1ccc2cc3ccc4cccc5ccc(c2c1)c3c45. The third kappa shape index (κ3) is 1.35. The first-order valence-corrected chi connectivity index (χ1v) is 7.10. The van der Waals surface area contributed by atoms with Gasteiger partial charge in [-0.1, -0.05) is 48.5 Å². The second-order valence-electron chi connectivity index (χ2n) is 5.64. The first-order chi connectivity index (χ1) is 10.3. The van der Waals surface area contributed by atoms with Crippen LogP contribution >= 0.6 is 0 Å². The molecule has 0 heterocycles. The molecule has 0 amide bonds. The van der Waals surface area contributed by atoms with Crippen LogP contribution in [0.2, 0.25) is 0 Å². The smallest absolute Gasteiger partial charge is 0.116 e. The van der Waals surface area contributed by atoms with Crippen LogP contribution in [0.3, 0.4) is 0 Å². The monoisotopic (exact) mass is 268 g/mol. The Morgan fingerprint density at radius 1 is 0.524 bits per heavy atom. The van der Waals surface area contributed by atoms with Crippen molar-refractivity contribution < 1.29 is 5.11 Å². The molecule has 0 unspecified atom stereocenters. The predicted octanol–water partition coefficient (Wildman–Crippen LogP) is 5.44. The Bertz CT molecular complexity index is 1120. The molecule has 0 fully saturated rings. The topological polar surface area (TPSA) is 20.2 Å². The van der Waals surface area contributed by atoms with Gasteiger partial charge < -0.3 is 5.11 Å². The van der Waals surface area contributed by atoms with Gasteiger partial charge >= 0.3 is 0 Å². The Morgan fingerprint density at radius 2 is 1.24 bits per heavy atom. The van der Waals surface area contributed by atoms with Crippen LogP contribution in [-0.4, -0.2) is 5.11 Å². The third-order valence-electron chi connectivity index (χ3n) is 4.45. The summed E-state index contributed by atoms with van der Waals surface area (Å²) in [5.74, 6) is 0.317. The molecule has 0 aliphatic rings. The highest BCUT2D eigenvalue weighted by Gasteiger charge is 2.10. The molecule has 1 heteroatoms. The van der Waals surface area contributed by atoms with Crippen molar-refractivity contribution in [2.24, 2.45) is 0 Å². The molecule has 0 radical (unpaired) electrons. The van der Waals surface area contributed by atoms with E-state index in [4.69, 9.17) is 0 Å². The second-order valence-corrected chi connectivity index (χ2v) is 5.64. The highest BCUT2D eigenvalue weighted by atomic mass is 16.3. The number of aromatic hydroxyl groups is 1. The summed E-state index contributed by atoms with van der Waals surface area (Å²) in [7, 11) is 0. The minimum atomic E-state index is 0.317. The van der Waals surface area contributed by atoms with E-state index >= 15 is 0 Å². The van der Waals surface area contributed by atoms with E-state index in [-0.39, 0.29) is 0 Å². The molecule has 1 N–H and O–H groups in total. The van der Waals surface area contributed by atoms with Crippen LogP contribution in [0, 0.1) is 0 Å². The summed E-state index contributed by atoms with van der Waals surface area (Å²) in [4.78, 5) is 0. The van der Waals surface area contributed by atoms with E-state index in [1.54, 1.807) is 6.07 Å². The molecule has 0 aromatic heterocycles. The van der Waals surface area contributed by atoms with Crippen molar-refractivity contribution in [3.63, 3.8) is 0 Å². The zero-order valence-electron chi connectivity index (χ0n) is 11.3. The summed E-state index contributed by atoms with van der Waals surface area (Å²) in [6.45, 7) is 0. The van der Waals surface area contributed by atoms with Gasteiger partial charge in [-0.05, 0) is 61.3 Å². The molecular weight excluding hydrogens is 256 g/mol. The average Bonchev–Trinajstić information content (AvgIpc) is 2.52. The number of hydrogen-bond donors (Lipinski definition) is 1. The lowest BCUT2D eigenvalue weighted by atomic mass is 9.91. The molecule has 5 aromatic carbocycles. The minimum Gasteiger partial charge on any atom is -0.508 e. The van der Waals surface area contributed by atoms with Gasteiger partial charge in [0.05, 0.1) is 0 Å². The van der Waals surface area contributed by atoms with Gasteiger partial charge in [-0.25, -0.2) is 0 Å². The van der Waals surface area contributed by atoms with Crippen LogP contribution in [0.5, 0.6) is 5.75 Å². The van der Waals surface area contributed by atoms with E-state index in [1.807, 2.05) is 12.1 Å². The standard InChI is InChI=1S/C20H12O/c21-16-8-6-14-10-15-5-4-12-2-1-3-13-7-9-17(18(14)11-16)20(15)19(12)13/h1-11,21H. The molecule has 5 rings (SSSR count). The molecule has 98 valence electrons. The van der Waals surface area contributed by atoms with Crippen LogP contribution in [0.1, 0.15) is 0 Å². The fraction of sp³-hybridized carbons (Fsp3) is 0. The van der Waals surface area contributed by atoms with Crippen LogP contribution in [-0.2, 0) is 0 Å². The molecule has 0 saturated heterocycles. The van der Waals surface area contributed by atoms with Gasteiger partial charge in [0.2, 0.25) is 0 Å². The summed E-state index contributed by atoms with van der Waals surface area (Å²) in [6, 6.07) is 23.0. The largest absolute Gasteiger partial charge is 0.508 e. The van der Waals surface area contributed by atoms with Crippen molar-refractivity contribution in [3.8, 4) is 5.75 Å². The molecule has 0 aliphatic heterocycles. The Labute approximate surface area is 121 Å². The van der Waals surface area contributed by atoms with Crippen molar-refractivity contribution in [2.75, 3.05) is 0 Å². The number of benzene rings is 5. The van der Waals surface area contributed by atoms with E-state index in [0.717, 1.165) is 5.39 Å². The Balaban J connectivity index is 2.19. The lowest BCUT2D eigenvalue weighted by Crippen LogP contribution is -1.85. The minimum absolute atomic E-state index is 0.317. The Kier molecular flexibility index (Phi) is 1.90. The van der Waals surface area contributed by atoms with Crippen LogP contribution in [0.15, 0.2) is 66.7 Å². The van der Waals surface area contributed by atoms with E-state index in [9.17, 15) is 5.11 Å². The van der Waals surface area contributed by atoms with Crippen molar-refractivity contribution >= 4 is 43.1 Å². The number of rotatable bonds is 0. The normalized spacial score (nSPS) is 12.0. The van der Waals surface area contributed by atoms with Gasteiger partial charge in [0.15, 0.2) is 0 Å². The number of phenols is 1. The van der Waals surface area contributed by atoms with Gasteiger partial charge in [0, 0.05) is 0 Å². The maximum atomic E-state index is 9.83. The molecule has 0 saturated carbocycles. The van der Waals surface area contributed by atoms with Gasteiger partial charge in [-0.3, -0.25) is 0 Å². The summed E-state index contributed by atoms with van der Waals surface area (Å²) in [5.41, 5.74) is 0. The van der Waals surface area contributed by atoms with Crippen LogP contribution < -0.4 is 0 Å². The highest BCUT2D eigenvalue weighted by molar-refractivity contribution is 6.28. The highest BCUT2D eigenvalue weighted by Crippen LogP contribution is 2.38. The van der Waals surface area contributed by atoms with E-state index in [1.165, 1.54) is 37.7 Å². The van der Waals surface area contributed by atoms with E-state index in [0.29, 0.717) is 5.75 Å². The zero-order valence-corrected chi connectivity index (χ0v) is 11.3. The maximum Gasteiger partial charge on any atom is 0.116 e. The first kappa shape index (κ1) is 10.9. The first-order valence-electron chi connectivity index (χ1n) is 7.10. The molecule has 5 aromatic rings. The van der Waals surface area contributed by atoms with Crippen LogP contribution in [0.25, 0.3) is 43.1 Å². The molecular formula is C20H12O. The van der Waals surface area contributed by atoms with Crippen LogP contribution in [0.4, 0.5) is 0 Å². The zero-order chi connectivity index (χ0) is 14.0. The number of fused-ring (bicyclic) bond motifs is 2. The molecule has 0 aliphatic carbocycles. The van der Waals surface area contributed by atoms with Gasteiger partial charge in [0.1, 0.15) is 5.75 Å². The quantitative estimate of drug-likeness (QED) is 0.293. The van der Waals surface area contributed by atoms with E-state index in [2.05, 4.69) is 48.5 Å². The van der Waals surface area contributed by atoms with Crippen molar-refractivity contribution in [2.45, 2.75) is 0 Å². The van der Waals surface area contributed by atoms with Gasteiger partial charge in [0.25, 0.3) is 0 Å². The molecule has 0 spiro atoms.